The Hall–Kier alpha value is -1.41. The predicted molar refractivity (Wildman–Crippen MR) is 72.2 cm³/mol. The molecule has 0 aliphatic rings. The molecule has 110 valence electrons. The minimum atomic E-state index is -3.82. The highest BCUT2D eigenvalue weighted by Crippen LogP contribution is 2.23. The Bertz CT molecular complexity index is 733. The molecule has 0 aromatic carbocycles. The molecule has 0 radical (unpaired) electrons. The average Bonchev–Trinajstić information content (AvgIpc) is 2.84. The number of hydrogen-bond donors (Lipinski definition) is 0. The molecule has 20 heavy (non-hydrogen) atoms. The van der Waals surface area contributed by atoms with E-state index in [1.807, 2.05) is 13.8 Å². The molecule has 0 atom stereocenters. The average molecular weight is 319 g/mol. The first-order valence-corrected chi connectivity index (χ1v) is 8.32. The quantitative estimate of drug-likeness (QED) is 0.800. The Balaban J connectivity index is 2.35. The summed E-state index contributed by atoms with van der Waals surface area (Å²) in [6, 6.07) is 0. The highest BCUT2D eigenvalue weighted by Gasteiger charge is 2.23. The van der Waals surface area contributed by atoms with Gasteiger partial charge in [0.1, 0.15) is 11.4 Å². The smallest absolute Gasteiger partial charge is 0.264 e. The molecule has 2 heterocycles. The first kappa shape index (κ1) is 15.0. The van der Waals surface area contributed by atoms with Gasteiger partial charge in [0.25, 0.3) is 9.05 Å². The van der Waals surface area contributed by atoms with E-state index in [4.69, 9.17) is 15.2 Å². The van der Waals surface area contributed by atoms with Crippen molar-refractivity contribution >= 4 is 19.7 Å². The van der Waals surface area contributed by atoms with E-state index in [1.165, 1.54) is 4.68 Å². The van der Waals surface area contributed by atoms with Crippen molar-refractivity contribution in [2.75, 3.05) is 0 Å². The highest BCUT2D eigenvalue weighted by atomic mass is 35.7. The molecule has 2 aromatic rings. The van der Waals surface area contributed by atoms with Gasteiger partial charge in [-0.05, 0) is 13.8 Å². The predicted octanol–water partition coefficient (Wildman–Crippen LogP) is 1.98. The van der Waals surface area contributed by atoms with Crippen LogP contribution < -0.4 is 0 Å². The molecule has 9 heteroatoms. The van der Waals surface area contributed by atoms with Crippen LogP contribution in [0.15, 0.2) is 9.42 Å². The molecule has 0 spiro atoms. The van der Waals surface area contributed by atoms with Crippen molar-refractivity contribution in [3.63, 3.8) is 0 Å². The van der Waals surface area contributed by atoms with Gasteiger partial charge in [-0.25, -0.2) is 8.42 Å². The van der Waals surface area contributed by atoms with Gasteiger partial charge in [0.15, 0.2) is 5.82 Å². The molecule has 0 amide bonds. The van der Waals surface area contributed by atoms with Gasteiger partial charge in [0.05, 0.1) is 11.4 Å². The third-order valence-electron chi connectivity index (χ3n) is 2.83. The van der Waals surface area contributed by atoms with Crippen LogP contribution in [0.5, 0.6) is 0 Å². The zero-order chi connectivity index (χ0) is 15.1. The standard InChI is InChI=1S/C11H15ClN4O3S/c1-6(2)11-13-9(15-19-11)5-16-8(4)10(7(3)14-16)20(12,17)18/h6H,5H2,1-4H3. The van der Waals surface area contributed by atoms with Crippen molar-refractivity contribution in [1.82, 2.24) is 19.9 Å². The van der Waals surface area contributed by atoms with Gasteiger partial charge < -0.3 is 4.52 Å². The summed E-state index contributed by atoms with van der Waals surface area (Å²) in [6.45, 7) is 7.35. The zero-order valence-electron chi connectivity index (χ0n) is 11.6. The Kier molecular flexibility index (Phi) is 3.88. The SMILES string of the molecule is Cc1nn(Cc2noc(C(C)C)n2)c(C)c1S(=O)(=O)Cl. The van der Waals surface area contributed by atoms with Crippen molar-refractivity contribution in [2.24, 2.45) is 0 Å². The minimum absolute atomic E-state index is 0.0340. The lowest BCUT2D eigenvalue weighted by Gasteiger charge is -2.00. The van der Waals surface area contributed by atoms with Crippen LogP contribution in [-0.2, 0) is 15.6 Å². The molecule has 2 aromatic heterocycles. The van der Waals surface area contributed by atoms with Crippen LogP contribution in [0.4, 0.5) is 0 Å². The molecule has 0 unspecified atom stereocenters. The van der Waals surface area contributed by atoms with Crippen molar-refractivity contribution in [2.45, 2.75) is 45.1 Å². The number of hydrogen-bond acceptors (Lipinski definition) is 6. The van der Waals surface area contributed by atoms with E-state index >= 15 is 0 Å². The van der Waals surface area contributed by atoms with Crippen LogP contribution in [0.2, 0.25) is 0 Å². The fourth-order valence-corrected chi connectivity index (χ4v) is 3.41. The highest BCUT2D eigenvalue weighted by molar-refractivity contribution is 8.13. The monoisotopic (exact) mass is 318 g/mol. The molecular formula is C11H15ClN4O3S. The first-order chi connectivity index (χ1) is 9.20. The van der Waals surface area contributed by atoms with Gasteiger partial charge in [-0.1, -0.05) is 19.0 Å². The third kappa shape index (κ3) is 2.85. The Morgan fingerprint density at radius 2 is 2.00 bits per heavy atom. The summed E-state index contributed by atoms with van der Waals surface area (Å²) >= 11 is 0. The molecule has 2 rings (SSSR count). The van der Waals surface area contributed by atoms with E-state index in [-0.39, 0.29) is 17.4 Å². The molecular weight excluding hydrogens is 304 g/mol. The molecule has 0 saturated heterocycles. The lowest BCUT2D eigenvalue weighted by Crippen LogP contribution is -2.06. The fourth-order valence-electron chi connectivity index (χ4n) is 1.89. The Labute approximate surface area is 121 Å². The summed E-state index contributed by atoms with van der Waals surface area (Å²) in [6.07, 6.45) is 0. The minimum Gasteiger partial charge on any atom is -0.339 e. The van der Waals surface area contributed by atoms with Gasteiger partial charge in [0.2, 0.25) is 5.89 Å². The number of halogens is 1. The first-order valence-electron chi connectivity index (χ1n) is 6.01. The lowest BCUT2D eigenvalue weighted by atomic mass is 10.2. The van der Waals surface area contributed by atoms with E-state index < -0.39 is 9.05 Å². The second-order valence-corrected chi connectivity index (χ2v) is 7.30. The maximum atomic E-state index is 11.5. The van der Waals surface area contributed by atoms with Crippen molar-refractivity contribution in [3.8, 4) is 0 Å². The molecule has 0 fully saturated rings. The normalized spacial score (nSPS) is 12.3. The number of aryl methyl sites for hydroxylation is 1. The summed E-state index contributed by atoms with van der Waals surface area (Å²) in [4.78, 5) is 4.26. The second kappa shape index (κ2) is 5.17. The fraction of sp³-hybridized carbons (Fsp3) is 0.545. The number of rotatable bonds is 4. The van der Waals surface area contributed by atoms with Gasteiger partial charge in [-0.2, -0.15) is 10.1 Å². The van der Waals surface area contributed by atoms with Crippen LogP contribution in [-0.4, -0.2) is 28.3 Å². The molecule has 0 aliphatic heterocycles. The molecule has 0 bridgehead atoms. The number of aromatic nitrogens is 4. The summed E-state index contributed by atoms with van der Waals surface area (Å²) < 4.78 is 29.6. The summed E-state index contributed by atoms with van der Waals surface area (Å²) in [5, 5.41) is 8.00. The maximum absolute atomic E-state index is 11.5. The van der Waals surface area contributed by atoms with Crippen LogP contribution in [0, 0.1) is 13.8 Å². The van der Waals surface area contributed by atoms with Gasteiger partial charge in [-0.15, -0.1) is 0 Å². The van der Waals surface area contributed by atoms with Crippen LogP contribution in [0.3, 0.4) is 0 Å². The molecule has 0 N–H and O–H groups in total. The van der Waals surface area contributed by atoms with E-state index in [0.29, 0.717) is 23.1 Å². The van der Waals surface area contributed by atoms with Gasteiger partial charge in [-0.3, -0.25) is 4.68 Å². The summed E-state index contributed by atoms with van der Waals surface area (Å²) in [5.41, 5.74) is 0.804. The van der Waals surface area contributed by atoms with Gasteiger partial charge in [0, 0.05) is 16.6 Å². The van der Waals surface area contributed by atoms with Crippen molar-refractivity contribution in [1.29, 1.82) is 0 Å². The van der Waals surface area contributed by atoms with Crippen LogP contribution >= 0.6 is 10.7 Å². The van der Waals surface area contributed by atoms with Gasteiger partial charge >= 0.3 is 0 Å². The molecule has 0 saturated carbocycles. The summed E-state index contributed by atoms with van der Waals surface area (Å²) in [7, 11) is 1.58. The largest absolute Gasteiger partial charge is 0.339 e. The number of nitrogens with zero attached hydrogens (tertiary/aromatic N) is 4. The van der Waals surface area contributed by atoms with E-state index in [9.17, 15) is 8.42 Å². The Morgan fingerprint density at radius 3 is 2.45 bits per heavy atom. The van der Waals surface area contributed by atoms with E-state index in [2.05, 4.69) is 15.2 Å². The van der Waals surface area contributed by atoms with Crippen LogP contribution in [0.25, 0.3) is 0 Å². The summed E-state index contributed by atoms with van der Waals surface area (Å²) in [5.74, 6) is 1.11. The van der Waals surface area contributed by atoms with Crippen molar-refractivity contribution in [3.05, 3.63) is 23.1 Å². The zero-order valence-corrected chi connectivity index (χ0v) is 13.2. The van der Waals surface area contributed by atoms with E-state index in [1.54, 1.807) is 13.8 Å². The third-order valence-corrected chi connectivity index (χ3v) is 4.37. The lowest BCUT2D eigenvalue weighted by molar-refractivity contribution is 0.359. The van der Waals surface area contributed by atoms with Crippen molar-refractivity contribution < 1.29 is 12.9 Å². The molecule has 7 nitrogen and oxygen atoms in total. The van der Waals surface area contributed by atoms with E-state index in [0.717, 1.165) is 0 Å². The Morgan fingerprint density at radius 1 is 1.35 bits per heavy atom. The maximum Gasteiger partial charge on any atom is 0.264 e. The van der Waals surface area contributed by atoms with Crippen LogP contribution in [0.1, 0.15) is 42.9 Å². The molecule has 0 aliphatic carbocycles. The second-order valence-electron chi connectivity index (χ2n) is 4.80. The topological polar surface area (TPSA) is 90.9 Å².